The van der Waals surface area contributed by atoms with Crippen molar-refractivity contribution >= 4 is 31.5 Å². The molecular formula is C12H17BO2S2. The van der Waals surface area contributed by atoms with E-state index in [2.05, 4.69) is 39.7 Å². The fraction of sp³-hybridized carbons (Fsp3) is 0.500. The van der Waals surface area contributed by atoms with Crippen molar-refractivity contribution in [3.8, 4) is 11.5 Å². The molecule has 0 saturated carbocycles. The van der Waals surface area contributed by atoms with Crippen molar-refractivity contribution < 1.29 is 9.31 Å². The monoisotopic (exact) mass is 268 g/mol. The van der Waals surface area contributed by atoms with Gasteiger partial charge in [-0.1, -0.05) is 13.8 Å². The van der Waals surface area contributed by atoms with E-state index < -0.39 is 0 Å². The Bertz CT molecular complexity index is 461. The second-order valence-corrected chi connectivity index (χ2v) is 5.90. The predicted octanol–water partition coefficient (Wildman–Crippen LogP) is 3.98. The van der Waals surface area contributed by atoms with Gasteiger partial charge in [0, 0.05) is 26.7 Å². The first kappa shape index (κ1) is 13.0. The maximum Gasteiger partial charge on any atom is 0.597 e. The van der Waals surface area contributed by atoms with Gasteiger partial charge in [0.2, 0.25) is 0 Å². The van der Waals surface area contributed by atoms with Crippen molar-refractivity contribution in [1.29, 1.82) is 0 Å². The second kappa shape index (κ2) is 4.69. The predicted molar refractivity (Wildman–Crippen MR) is 77.1 cm³/mol. The Labute approximate surface area is 113 Å². The summed E-state index contributed by atoms with van der Waals surface area (Å²) in [5, 5.41) is 0. The van der Waals surface area contributed by atoms with Gasteiger partial charge in [0.05, 0.1) is 0 Å². The number of thiol groups is 1. The summed E-state index contributed by atoms with van der Waals surface area (Å²) in [6.45, 7) is 8.29. The molecule has 1 heterocycles. The Morgan fingerprint density at radius 2 is 1.65 bits per heavy atom. The summed E-state index contributed by atoms with van der Waals surface area (Å²) in [7, 11) is -0.174. The smallest absolute Gasteiger partial charge is 0.523 e. The molecule has 2 nitrogen and oxygen atoms in total. The zero-order valence-electron chi connectivity index (χ0n) is 10.8. The lowest BCUT2D eigenvalue weighted by Gasteiger charge is -2.13. The van der Waals surface area contributed by atoms with Gasteiger partial charge in [-0.2, -0.15) is 0 Å². The quantitative estimate of drug-likeness (QED) is 0.497. The molecular weight excluding hydrogens is 251 g/mol. The molecule has 2 rings (SSSR count). The normalized spacial score (nSPS) is 13.7. The topological polar surface area (TPSA) is 18.5 Å². The van der Waals surface area contributed by atoms with Crippen molar-refractivity contribution in [2.75, 3.05) is 6.26 Å². The van der Waals surface area contributed by atoms with Crippen LogP contribution in [0, 0.1) is 13.8 Å². The summed E-state index contributed by atoms with van der Waals surface area (Å²) in [4.78, 5) is 2.18. The standard InChI is InChI=1S/C12H17BO2S2/c1-6(2)13-14-9-7(3)11(16)12(17-5)8(4)10(9)15-13/h6,16H,1-5H3. The molecule has 0 saturated heterocycles. The van der Waals surface area contributed by atoms with E-state index in [1.54, 1.807) is 11.8 Å². The third kappa shape index (κ3) is 2.04. The van der Waals surface area contributed by atoms with Gasteiger partial charge in [0.1, 0.15) is 11.5 Å². The van der Waals surface area contributed by atoms with Crippen molar-refractivity contribution in [2.45, 2.75) is 43.3 Å². The maximum absolute atomic E-state index is 5.91. The van der Waals surface area contributed by atoms with E-state index in [0.29, 0.717) is 5.82 Å². The van der Waals surface area contributed by atoms with Crippen LogP contribution in [0.25, 0.3) is 0 Å². The van der Waals surface area contributed by atoms with Crippen molar-refractivity contribution in [1.82, 2.24) is 0 Å². The number of hydrogen-bond donors (Lipinski definition) is 1. The molecule has 1 aromatic carbocycles. The lowest BCUT2D eigenvalue weighted by atomic mass is 9.75. The van der Waals surface area contributed by atoms with Gasteiger partial charge in [0.25, 0.3) is 0 Å². The van der Waals surface area contributed by atoms with Crippen LogP contribution in [0.2, 0.25) is 5.82 Å². The van der Waals surface area contributed by atoms with Gasteiger partial charge in [0.15, 0.2) is 0 Å². The molecule has 1 aliphatic heterocycles. The summed E-state index contributed by atoms with van der Waals surface area (Å²) in [6.07, 6.45) is 2.06. The van der Waals surface area contributed by atoms with Crippen LogP contribution in [0.1, 0.15) is 25.0 Å². The number of thioether (sulfide) groups is 1. The Balaban J connectivity index is 2.54. The Morgan fingerprint density at radius 3 is 2.12 bits per heavy atom. The minimum absolute atomic E-state index is 0.174. The van der Waals surface area contributed by atoms with Crippen LogP contribution < -0.4 is 9.31 Å². The summed E-state index contributed by atoms with van der Waals surface area (Å²) in [6, 6.07) is 0. The van der Waals surface area contributed by atoms with Gasteiger partial charge in [-0.25, -0.2) is 0 Å². The molecule has 0 spiro atoms. The van der Waals surface area contributed by atoms with E-state index >= 15 is 0 Å². The average Bonchev–Trinajstić information content (AvgIpc) is 2.72. The molecule has 5 heteroatoms. The third-order valence-corrected chi connectivity index (χ3v) is 4.64. The fourth-order valence-corrected chi connectivity index (χ4v) is 3.25. The van der Waals surface area contributed by atoms with Crippen LogP contribution in [0.3, 0.4) is 0 Å². The van der Waals surface area contributed by atoms with E-state index in [4.69, 9.17) is 9.31 Å². The van der Waals surface area contributed by atoms with Gasteiger partial charge < -0.3 is 9.31 Å². The lowest BCUT2D eigenvalue weighted by Crippen LogP contribution is -2.27. The Hall–Kier alpha value is -0.415. The van der Waals surface area contributed by atoms with Crippen molar-refractivity contribution in [3.63, 3.8) is 0 Å². The van der Waals surface area contributed by atoms with E-state index in [1.807, 2.05) is 6.92 Å². The molecule has 0 amide bonds. The van der Waals surface area contributed by atoms with Crippen LogP contribution in [-0.2, 0) is 0 Å². The van der Waals surface area contributed by atoms with E-state index in [0.717, 1.165) is 27.5 Å². The molecule has 0 N–H and O–H groups in total. The van der Waals surface area contributed by atoms with Crippen LogP contribution in [0.15, 0.2) is 9.79 Å². The first-order chi connectivity index (χ1) is 7.97. The molecule has 0 aliphatic carbocycles. The minimum Gasteiger partial charge on any atom is -0.523 e. The molecule has 92 valence electrons. The molecule has 1 aliphatic rings. The molecule has 0 unspecified atom stereocenters. The molecule has 0 bridgehead atoms. The molecule has 0 fully saturated rings. The average molecular weight is 268 g/mol. The van der Waals surface area contributed by atoms with E-state index in [1.165, 1.54) is 4.90 Å². The van der Waals surface area contributed by atoms with Gasteiger partial charge in [-0.3, -0.25) is 0 Å². The van der Waals surface area contributed by atoms with Crippen molar-refractivity contribution in [3.05, 3.63) is 11.1 Å². The summed E-state index contributed by atoms with van der Waals surface area (Å²) in [5.74, 6) is 2.09. The minimum atomic E-state index is -0.174. The molecule has 17 heavy (non-hydrogen) atoms. The molecule has 0 aromatic heterocycles. The molecule has 1 aromatic rings. The van der Waals surface area contributed by atoms with Crippen LogP contribution in [-0.4, -0.2) is 13.4 Å². The second-order valence-electron chi connectivity index (χ2n) is 4.64. The number of hydrogen-bond acceptors (Lipinski definition) is 4. The first-order valence-corrected chi connectivity index (χ1v) is 7.38. The molecule has 0 radical (unpaired) electrons. The lowest BCUT2D eigenvalue weighted by molar-refractivity contribution is 0.478. The Kier molecular flexibility index (Phi) is 3.59. The summed E-state index contributed by atoms with van der Waals surface area (Å²) in [5.41, 5.74) is 2.20. The van der Waals surface area contributed by atoms with Crippen LogP contribution in [0.4, 0.5) is 0 Å². The van der Waals surface area contributed by atoms with E-state index in [-0.39, 0.29) is 7.12 Å². The van der Waals surface area contributed by atoms with Crippen LogP contribution in [0.5, 0.6) is 11.5 Å². The zero-order chi connectivity index (χ0) is 12.7. The van der Waals surface area contributed by atoms with Gasteiger partial charge >= 0.3 is 7.12 Å². The largest absolute Gasteiger partial charge is 0.597 e. The fourth-order valence-electron chi connectivity index (χ4n) is 1.96. The number of benzene rings is 1. The zero-order valence-corrected chi connectivity index (χ0v) is 12.5. The van der Waals surface area contributed by atoms with Gasteiger partial charge in [-0.15, -0.1) is 24.4 Å². The maximum atomic E-state index is 5.91. The third-order valence-electron chi connectivity index (χ3n) is 3.01. The SMILES string of the molecule is CSc1c(C)c2c(c(C)c1S)OB(C(C)C)O2. The molecule has 0 atom stereocenters. The highest BCUT2D eigenvalue weighted by Gasteiger charge is 2.38. The summed E-state index contributed by atoms with van der Waals surface area (Å²) < 4.78 is 11.8. The summed E-state index contributed by atoms with van der Waals surface area (Å²) >= 11 is 6.28. The highest BCUT2D eigenvalue weighted by atomic mass is 32.2. The van der Waals surface area contributed by atoms with Gasteiger partial charge in [-0.05, 0) is 20.1 Å². The highest BCUT2D eigenvalue weighted by molar-refractivity contribution is 7.99. The number of fused-ring (bicyclic) bond motifs is 1. The van der Waals surface area contributed by atoms with E-state index in [9.17, 15) is 0 Å². The van der Waals surface area contributed by atoms with Crippen molar-refractivity contribution in [2.24, 2.45) is 0 Å². The number of rotatable bonds is 2. The highest BCUT2D eigenvalue weighted by Crippen LogP contribution is 2.48. The first-order valence-electron chi connectivity index (χ1n) is 5.70. The Morgan fingerprint density at radius 1 is 1.12 bits per heavy atom. The van der Waals surface area contributed by atoms with Crippen LogP contribution >= 0.6 is 24.4 Å².